The molecule has 0 aliphatic carbocycles. The third-order valence-corrected chi connectivity index (χ3v) is 4.21. The number of halogens is 1. The molecule has 0 saturated carbocycles. The largest absolute Gasteiger partial charge is 0.477 e. The number of aromatic nitrogens is 1. The van der Waals surface area contributed by atoms with Crippen LogP contribution in [0.1, 0.15) is 38.7 Å². The van der Waals surface area contributed by atoms with Gasteiger partial charge in [0.2, 0.25) is 5.88 Å². The second-order valence-electron chi connectivity index (χ2n) is 6.08. The van der Waals surface area contributed by atoms with Gasteiger partial charge in [0.15, 0.2) is 0 Å². The van der Waals surface area contributed by atoms with Crippen molar-refractivity contribution in [1.82, 2.24) is 15.2 Å². The number of rotatable bonds is 7. The van der Waals surface area contributed by atoms with Crippen LogP contribution in [0.25, 0.3) is 0 Å². The van der Waals surface area contributed by atoms with Gasteiger partial charge in [0.1, 0.15) is 5.02 Å². The molecule has 1 saturated heterocycles. The monoisotopic (exact) mass is 311 g/mol. The highest BCUT2D eigenvalue weighted by Crippen LogP contribution is 2.24. The molecule has 2 heterocycles. The third-order valence-electron chi connectivity index (χ3n) is 3.94. The van der Waals surface area contributed by atoms with Gasteiger partial charge < -0.3 is 15.0 Å². The maximum atomic E-state index is 6.24. The van der Waals surface area contributed by atoms with E-state index >= 15 is 0 Å². The molecule has 2 rings (SSSR count). The van der Waals surface area contributed by atoms with E-state index in [1.54, 1.807) is 0 Å². The van der Waals surface area contributed by atoms with Crippen LogP contribution in [0.4, 0.5) is 0 Å². The molecule has 1 aromatic rings. The molecule has 1 N–H and O–H groups in total. The van der Waals surface area contributed by atoms with E-state index in [0.29, 0.717) is 29.6 Å². The lowest BCUT2D eigenvalue weighted by atomic mass is 10.1. The van der Waals surface area contributed by atoms with Crippen LogP contribution in [0.15, 0.2) is 12.3 Å². The van der Waals surface area contributed by atoms with Crippen LogP contribution in [-0.2, 0) is 6.54 Å². The maximum Gasteiger partial charge on any atom is 0.232 e. The topological polar surface area (TPSA) is 37.4 Å². The minimum atomic E-state index is 0.447. The predicted molar refractivity (Wildman–Crippen MR) is 87.0 cm³/mol. The quantitative estimate of drug-likeness (QED) is 0.839. The summed E-state index contributed by atoms with van der Waals surface area (Å²) in [5.41, 5.74) is 1.08. The van der Waals surface area contributed by atoms with Crippen LogP contribution in [0.3, 0.4) is 0 Å². The van der Waals surface area contributed by atoms with Crippen LogP contribution < -0.4 is 10.1 Å². The highest BCUT2D eigenvalue weighted by molar-refractivity contribution is 6.31. The first-order valence-corrected chi connectivity index (χ1v) is 8.15. The lowest BCUT2D eigenvalue weighted by molar-refractivity contribution is 0.228. The van der Waals surface area contributed by atoms with Crippen molar-refractivity contribution in [1.29, 1.82) is 0 Å². The fraction of sp³-hybridized carbons (Fsp3) is 0.688. The zero-order valence-corrected chi connectivity index (χ0v) is 14.0. The van der Waals surface area contributed by atoms with Crippen LogP contribution in [-0.4, -0.2) is 42.2 Å². The number of nitrogens with zero attached hydrogens (tertiary/aromatic N) is 2. The highest BCUT2D eigenvalue weighted by atomic mass is 35.5. The van der Waals surface area contributed by atoms with Crippen molar-refractivity contribution >= 4 is 11.6 Å². The molecule has 0 spiro atoms. The number of nitrogens with one attached hydrogen (secondary N) is 1. The SMILES string of the molecule is CC(C)NCc1cnc(OCCC2CCCN2C)c(Cl)c1. The summed E-state index contributed by atoms with van der Waals surface area (Å²) in [4.78, 5) is 6.73. The summed E-state index contributed by atoms with van der Waals surface area (Å²) in [5, 5.41) is 3.94. The molecule has 1 unspecified atom stereocenters. The normalized spacial score (nSPS) is 19.4. The second kappa shape index (κ2) is 7.97. The summed E-state index contributed by atoms with van der Waals surface area (Å²) in [6.07, 6.45) is 5.42. The summed E-state index contributed by atoms with van der Waals surface area (Å²) in [6, 6.07) is 3.02. The van der Waals surface area contributed by atoms with Gasteiger partial charge in [-0.15, -0.1) is 0 Å². The molecule has 0 aromatic carbocycles. The van der Waals surface area contributed by atoms with Gasteiger partial charge in [0.25, 0.3) is 0 Å². The van der Waals surface area contributed by atoms with E-state index < -0.39 is 0 Å². The van der Waals surface area contributed by atoms with Crippen molar-refractivity contribution in [2.45, 2.75) is 51.7 Å². The Labute approximate surface area is 132 Å². The van der Waals surface area contributed by atoms with E-state index in [9.17, 15) is 0 Å². The molecular formula is C16H26ClN3O. The van der Waals surface area contributed by atoms with Gasteiger partial charge in [-0.05, 0) is 44.5 Å². The molecule has 0 radical (unpaired) electrons. The highest BCUT2D eigenvalue weighted by Gasteiger charge is 2.20. The average molecular weight is 312 g/mol. The Morgan fingerprint density at radius 2 is 2.33 bits per heavy atom. The number of ether oxygens (including phenoxy) is 1. The fourth-order valence-corrected chi connectivity index (χ4v) is 2.87. The second-order valence-corrected chi connectivity index (χ2v) is 6.49. The predicted octanol–water partition coefficient (Wildman–Crippen LogP) is 3.10. The average Bonchev–Trinajstić information content (AvgIpc) is 2.84. The van der Waals surface area contributed by atoms with Crippen molar-refractivity contribution < 1.29 is 4.74 Å². The molecule has 118 valence electrons. The van der Waals surface area contributed by atoms with E-state index in [-0.39, 0.29) is 0 Å². The first-order valence-electron chi connectivity index (χ1n) is 7.77. The molecule has 1 aromatic heterocycles. The van der Waals surface area contributed by atoms with E-state index in [4.69, 9.17) is 16.3 Å². The van der Waals surface area contributed by atoms with Gasteiger partial charge in [-0.25, -0.2) is 4.98 Å². The zero-order chi connectivity index (χ0) is 15.2. The Balaban J connectivity index is 1.80. The zero-order valence-electron chi connectivity index (χ0n) is 13.2. The number of hydrogen-bond acceptors (Lipinski definition) is 4. The molecule has 1 atom stereocenters. The van der Waals surface area contributed by atoms with E-state index in [2.05, 4.69) is 36.1 Å². The lowest BCUT2D eigenvalue weighted by Gasteiger charge is -2.19. The smallest absolute Gasteiger partial charge is 0.232 e. The molecule has 5 heteroatoms. The molecule has 0 amide bonds. The molecule has 1 aliphatic heterocycles. The lowest BCUT2D eigenvalue weighted by Crippen LogP contribution is -2.26. The van der Waals surface area contributed by atoms with Crippen molar-refractivity contribution in [3.8, 4) is 5.88 Å². The first kappa shape index (κ1) is 16.5. The summed E-state index contributed by atoms with van der Waals surface area (Å²) < 4.78 is 5.74. The van der Waals surface area contributed by atoms with Crippen molar-refractivity contribution in [2.75, 3.05) is 20.2 Å². The Kier molecular flexibility index (Phi) is 6.27. The van der Waals surface area contributed by atoms with Crippen LogP contribution in [0, 0.1) is 0 Å². The van der Waals surface area contributed by atoms with Gasteiger partial charge in [0.05, 0.1) is 6.61 Å². The van der Waals surface area contributed by atoms with Gasteiger partial charge in [-0.2, -0.15) is 0 Å². The molecule has 1 aliphatic rings. The van der Waals surface area contributed by atoms with Crippen molar-refractivity contribution in [3.05, 3.63) is 22.8 Å². The summed E-state index contributed by atoms with van der Waals surface area (Å²) >= 11 is 6.24. The third kappa shape index (κ3) is 5.13. The Morgan fingerprint density at radius 3 is 2.95 bits per heavy atom. The minimum absolute atomic E-state index is 0.447. The Hall–Kier alpha value is -0.840. The maximum absolute atomic E-state index is 6.24. The van der Waals surface area contributed by atoms with Gasteiger partial charge in [-0.1, -0.05) is 25.4 Å². The minimum Gasteiger partial charge on any atom is -0.477 e. The summed E-state index contributed by atoms with van der Waals surface area (Å²) in [6.45, 7) is 6.88. The molecular weight excluding hydrogens is 286 g/mol. The first-order chi connectivity index (χ1) is 10.1. The number of likely N-dealkylation sites (tertiary alicyclic amines) is 1. The van der Waals surface area contributed by atoms with Gasteiger partial charge >= 0.3 is 0 Å². The van der Waals surface area contributed by atoms with Crippen LogP contribution >= 0.6 is 11.6 Å². The molecule has 0 bridgehead atoms. The van der Waals surface area contributed by atoms with E-state index in [1.807, 2.05) is 12.3 Å². The van der Waals surface area contributed by atoms with E-state index in [0.717, 1.165) is 18.5 Å². The Bertz CT molecular complexity index is 453. The summed E-state index contributed by atoms with van der Waals surface area (Å²) in [5.74, 6) is 0.547. The van der Waals surface area contributed by atoms with E-state index in [1.165, 1.54) is 19.4 Å². The Morgan fingerprint density at radius 1 is 1.52 bits per heavy atom. The standard InChI is InChI=1S/C16H26ClN3O/c1-12(2)18-10-13-9-15(17)16(19-11-13)21-8-6-14-5-4-7-20(14)3/h9,11-12,14,18H,4-8,10H2,1-3H3. The molecule has 4 nitrogen and oxygen atoms in total. The van der Waals surface area contributed by atoms with Crippen LogP contribution in [0.5, 0.6) is 5.88 Å². The number of pyridine rings is 1. The molecule has 21 heavy (non-hydrogen) atoms. The summed E-state index contributed by atoms with van der Waals surface area (Å²) in [7, 11) is 2.18. The molecule has 1 fully saturated rings. The van der Waals surface area contributed by atoms with Gasteiger partial charge in [-0.3, -0.25) is 0 Å². The fourth-order valence-electron chi connectivity index (χ4n) is 2.63. The van der Waals surface area contributed by atoms with Crippen molar-refractivity contribution in [2.24, 2.45) is 0 Å². The van der Waals surface area contributed by atoms with Crippen LogP contribution in [0.2, 0.25) is 5.02 Å². The van der Waals surface area contributed by atoms with Crippen molar-refractivity contribution in [3.63, 3.8) is 0 Å². The number of hydrogen-bond donors (Lipinski definition) is 1. The van der Waals surface area contributed by atoms with Gasteiger partial charge in [0, 0.05) is 24.8 Å².